The first-order chi connectivity index (χ1) is 13.7. The molecule has 0 saturated heterocycles. The van der Waals surface area contributed by atoms with Crippen LogP contribution in [-0.2, 0) is 6.54 Å². The van der Waals surface area contributed by atoms with E-state index in [-0.39, 0.29) is 5.56 Å². The van der Waals surface area contributed by atoms with E-state index in [4.69, 9.17) is 5.10 Å². The van der Waals surface area contributed by atoms with Gasteiger partial charge in [0.2, 0.25) is 5.95 Å². The second-order valence-corrected chi connectivity index (χ2v) is 7.15. The number of nitrogens with zero attached hydrogens (tertiary/aromatic N) is 4. The number of thiophene rings is 1. The summed E-state index contributed by atoms with van der Waals surface area (Å²) in [7, 11) is 0. The molecule has 0 aliphatic carbocycles. The van der Waals surface area contributed by atoms with Gasteiger partial charge in [-0.15, -0.1) is 11.3 Å². The number of nitrogens with one attached hydrogen (secondary N) is 2. The van der Waals surface area contributed by atoms with Crippen molar-refractivity contribution < 1.29 is 0 Å². The van der Waals surface area contributed by atoms with Gasteiger partial charge in [-0.2, -0.15) is 10.2 Å². The summed E-state index contributed by atoms with van der Waals surface area (Å²) in [6.07, 6.45) is 3.64. The van der Waals surface area contributed by atoms with Crippen LogP contribution in [-0.4, -0.2) is 26.0 Å². The van der Waals surface area contributed by atoms with E-state index in [2.05, 4.69) is 32.6 Å². The standard InChI is InChI=1S/C20H18N6OS/c1-14-10-18(27)23-20(22-14)24-21-11-16-13-26(12-15-6-3-2-4-7-15)25-19(16)17-8-5-9-28-17/h2-11,13H,12H2,1H3,(H2,22,23,24,27)/b21-11-. The number of benzene rings is 1. The van der Waals surface area contributed by atoms with Crippen molar-refractivity contribution in [3.05, 3.63) is 87.3 Å². The molecule has 0 atom stereocenters. The van der Waals surface area contributed by atoms with Gasteiger partial charge in [0.1, 0.15) is 5.69 Å². The zero-order valence-electron chi connectivity index (χ0n) is 15.2. The molecular formula is C20H18N6OS. The number of hydrazone groups is 1. The number of aryl methyl sites for hydroxylation is 1. The molecule has 0 unspecified atom stereocenters. The van der Waals surface area contributed by atoms with Gasteiger partial charge in [-0.3, -0.25) is 14.5 Å². The summed E-state index contributed by atoms with van der Waals surface area (Å²) in [6.45, 7) is 2.43. The Kier molecular flexibility index (Phi) is 5.11. The van der Waals surface area contributed by atoms with Gasteiger partial charge >= 0.3 is 0 Å². The highest BCUT2D eigenvalue weighted by Gasteiger charge is 2.11. The topological polar surface area (TPSA) is 88.0 Å². The number of aromatic nitrogens is 4. The van der Waals surface area contributed by atoms with E-state index < -0.39 is 0 Å². The largest absolute Gasteiger partial charge is 0.291 e. The molecule has 28 heavy (non-hydrogen) atoms. The molecule has 0 aliphatic rings. The second-order valence-electron chi connectivity index (χ2n) is 6.20. The molecule has 3 aromatic heterocycles. The van der Waals surface area contributed by atoms with E-state index in [1.165, 1.54) is 11.6 Å². The molecule has 0 aliphatic heterocycles. The molecule has 7 nitrogen and oxygen atoms in total. The van der Waals surface area contributed by atoms with Gasteiger partial charge in [0.15, 0.2) is 0 Å². The Morgan fingerprint density at radius 1 is 1.25 bits per heavy atom. The summed E-state index contributed by atoms with van der Waals surface area (Å²) in [6, 6.07) is 15.6. The number of aromatic amines is 1. The SMILES string of the molecule is Cc1cc(=O)[nH]c(N/N=C\c2cn(Cc3ccccc3)nc2-c2cccs2)n1. The molecule has 8 heteroatoms. The molecule has 0 fully saturated rings. The van der Waals surface area contributed by atoms with Crippen molar-refractivity contribution in [2.24, 2.45) is 5.10 Å². The molecule has 0 amide bonds. The maximum atomic E-state index is 11.5. The van der Waals surface area contributed by atoms with Gasteiger partial charge in [0.25, 0.3) is 5.56 Å². The molecule has 0 saturated carbocycles. The highest BCUT2D eigenvalue weighted by molar-refractivity contribution is 7.13. The van der Waals surface area contributed by atoms with Gasteiger partial charge in [-0.25, -0.2) is 10.4 Å². The second kappa shape index (κ2) is 8.01. The van der Waals surface area contributed by atoms with Crippen LogP contribution in [0, 0.1) is 6.92 Å². The zero-order valence-corrected chi connectivity index (χ0v) is 16.0. The quantitative estimate of drug-likeness (QED) is 0.390. The minimum Gasteiger partial charge on any atom is -0.291 e. The lowest BCUT2D eigenvalue weighted by Gasteiger charge is -2.00. The molecule has 1 aromatic carbocycles. The van der Waals surface area contributed by atoms with Crippen LogP contribution in [0.4, 0.5) is 5.95 Å². The zero-order chi connectivity index (χ0) is 19.3. The fourth-order valence-corrected chi connectivity index (χ4v) is 3.51. The minimum atomic E-state index is -0.222. The number of hydrogen-bond acceptors (Lipinski definition) is 6. The van der Waals surface area contributed by atoms with E-state index in [1.807, 2.05) is 46.6 Å². The first-order valence-corrected chi connectivity index (χ1v) is 9.57. The highest BCUT2D eigenvalue weighted by atomic mass is 32.1. The summed E-state index contributed by atoms with van der Waals surface area (Å²) in [5, 5.41) is 11.0. The number of H-pyrrole nitrogens is 1. The molecule has 4 rings (SSSR count). The van der Waals surface area contributed by atoms with Gasteiger partial charge in [0.05, 0.1) is 17.6 Å². The Balaban J connectivity index is 1.60. The summed E-state index contributed by atoms with van der Waals surface area (Å²) < 4.78 is 1.90. The molecule has 0 radical (unpaired) electrons. The van der Waals surface area contributed by atoms with E-state index >= 15 is 0 Å². The monoisotopic (exact) mass is 390 g/mol. The molecular weight excluding hydrogens is 372 g/mol. The predicted molar refractivity (Wildman–Crippen MR) is 112 cm³/mol. The smallest absolute Gasteiger partial charge is 0.252 e. The van der Waals surface area contributed by atoms with E-state index in [1.54, 1.807) is 24.5 Å². The first-order valence-electron chi connectivity index (χ1n) is 8.70. The summed E-state index contributed by atoms with van der Waals surface area (Å²) in [5.74, 6) is 0.301. The fraction of sp³-hybridized carbons (Fsp3) is 0.100. The minimum absolute atomic E-state index is 0.222. The number of rotatable bonds is 6. The van der Waals surface area contributed by atoms with Crippen LogP contribution in [0.25, 0.3) is 10.6 Å². The molecule has 2 N–H and O–H groups in total. The van der Waals surface area contributed by atoms with Gasteiger partial charge < -0.3 is 0 Å². The molecule has 4 aromatic rings. The van der Waals surface area contributed by atoms with E-state index in [9.17, 15) is 4.79 Å². The van der Waals surface area contributed by atoms with E-state index in [0.29, 0.717) is 18.2 Å². The van der Waals surface area contributed by atoms with Crippen molar-refractivity contribution in [1.82, 2.24) is 19.7 Å². The Hall–Kier alpha value is -3.52. The Morgan fingerprint density at radius 3 is 2.86 bits per heavy atom. The van der Waals surface area contributed by atoms with Crippen molar-refractivity contribution in [2.45, 2.75) is 13.5 Å². The van der Waals surface area contributed by atoms with Gasteiger partial charge in [-0.05, 0) is 23.9 Å². The van der Waals surface area contributed by atoms with Crippen molar-refractivity contribution in [3.8, 4) is 10.6 Å². The van der Waals surface area contributed by atoms with Crippen LogP contribution < -0.4 is 11.0 Å². The molecule has 140 valence electrons. The van der Waals surface area contributed by atoms with Crippen LogP contribution in [0.2, 0.25) is 0 Å². The van der Waals surface area contributed by atoms with Crippen molar-refractivity contribution in [1.29, 1.82) is 0 Å². The van der Waals surface area contributed by atoms with E-state index in [0.717, 1.165) is 16.1 Å². The van der Waals surface area contributed by atoms with Crippen LogP contribution >= 0.6 is 11.3 Å². The molecule has 3 heterocycles. The normalized spacial score (nSPS) is 11.2. The lowest BCUT2D eigenvalue weighted by atomic mass is 10.2. The van der Waals surface area contributed by atoms with Gasteiger partial charge in [-0.1, -0.05) is 36.4 Å². The van der Waals surface area contributed by atoms with Crippen molar-refractivity contribution in [2.75, 3.05) is 5.43 Å². The summed E-state index contributed by atoms with van der Waals surface area (Å²) >= 11 is 1.63. The number of hydrogen-bond donors (Lipinski definition) is 2. The van der Waals surface area contributed by atoms with Crippen molar-refractivity contribution >= 4 is 23.5 Å². The lowest BCUT2D eigenvalue weighted by Crippen LogP contribution is -2.10. The maximum Gasteiger partial charge on any atom is 0.252 e. The van der Waals surface area contributed by atoms with Crippen molar-refractivity contribution in [3.63, 3.8) is 0 Å². The fourth-order valence-electron chi connectivity index (χ4n) is 2.78. The molecule has 0 spiro atoms. The Labute approximate surface area is 165 Å². The van der Waals surface area contributed by atoms with Crippen LogP contribution in [0.15, 0.2) is 70.0 Å². The summed E-state index contributed by atoms with van der Waals surface area (Å²) in [5.41, 5.74) is 6.09. The van der Waals surface area contributed by atoms with Gasteiger partial charge in [0, 0.05) is 23.5 Å². The third-order valence-electron chi connectivity index (χ3n) is 3.98. The number of anilines is 1. The summed E-state index contributed by atoms with van der Waals surface area (Å²) in [4.78, 5) is 19.4. The maximum absolute atomic E-state index is 11.5. The average Bonchev–Trinajstić information content (AvgIpc) is 3.32. The first kappa shape index (κ1) is 17.9. The molecule has 0 bridgehead atoms. The average molecular weight is 390 g/mol. The predicted octanol–water partition coefficient (Wildman–Crippen LogP) is 3.50. The van der Waals surface area contributed by atoms with Crippen LogP contribution in [0.3, 0.4) is 0 Å². The highest BCUT2D eigenvalue weighted by Crippen LogP contribution is 2.26. The third-order valence-corrected chi connectivity index (χ3v) is 4.85. The lowest BCUT2D eigenvalue weighted by molar-refractivity contribution is 0.689. The van der Waals surface area contributed by atoms with Crippen LogP contribution in [0.5, 0.6) is 0 Å². The van der Waals surface area contributed by atoms with Crippen LogP contribution in [0.1, 0.15) is 16.8 Å². The third kappa shape index (κ3) is 4.24. The Morgan fingerprint density at radius 2 is 2.11 bits per heavy atom. The Bertz CT molecular complexity index is 1150.